The smallest absolute Gasteiger partial charge is 0.269 e. The lowest BCUT2D eigenvalue weighted by Gasteiger charge is -2.15. The molecular formula is C21H20BrN3O5. The number of hydrogen-bond acceptors (Lipinski definition) is 6. The molecular weight excluding hydrogens is 454 g/mol. The van der Waals surface area contributed by atoms with E-state index in [1.54, 1.807) is 38.4 Å². The molecule has 0 heterocycles. The largest absolute Gasteiger partial charge is 0.490 e. The van der Waals surface area contributed by atoms with Crippen molar-refractivity contribution in [2.24, 2.45) is 0 Å². The summed E-state index contributed by atoms with van der Waals surface area (Å²) < 4.78 is 12.1. The fourth-order valence-corrected chi connectivity index (χ4v) is 2.89. The zero-order valence-electron chi connectivity index (χ0n) is 16.7. The number of non-ortho nitro benzene ring substituents is 1. The number of ether oxygens (including phenoxy) is 2. The summed E-state index contributed by atoms with van der Waals surface area (Å²) in [7, 11) is 3.15. The van der Waals surface area contributed by atoms with Crippen molar-refractivity contribution in [3.8, 4) is 17.6 Å². The van der Waals surface area contributed by atoms with Crippen LogP contribution in [0.1, 0.15) is 18.1 Å². The van der Waals surface area contributed by atoms with Gasteiger partial charge in [0.1, 0.15) is 18.2 Å². The number of amides is 1. The molecule has 1 amide bonds. The highest BCUT2D eigenvalue weighted by molar-refractivity contribution is 9.10. The normalized spacial score (nSPS) is 10.8. The van der Waals surface area contributed by atoms with Crippen LogP contribution >= 0.6 is 15.9 Å². The van der Waals surface area contributed by atoms with Gasteiger partial charge in [0.05, 0.1) is 11.5 Å². The van der Waals surface area contributed by atoms with Gasteiger partial charge >= 0.3 is 0 Å². The van der Waals surface area contributed by atoms with E-state index in [4.69, 9.17) is 9.47 Å². The summed E-state index contributed by atoms with van der Waals surface area (Å²) in [6, 6.07) is 11.4. The monoisotopic (exact) mass is 473 g/mol. The third-order valence-corrected chi connectivity index (χ3v) is 4.65. The number of benzene rings is 2. The first kappa shape index (κ1) is 22.9. The molecule has 0 aliphatic heterocycles. The lowest BCUT2D eigenvalue weighted by atomic mass is 10.1. The van der Waals surface area contributed by atoms with Crippen LogP contribution in [0.2, 0.25) is 0 Å². The number of halogens is 1. The highest BCUT2D eigenvalue weighted by Gasteiger charge is 2.15. The lowest BCUT2D eigenvalue weighted by Crippen LogP contribution is -2.22. The number of rotatable bonds is 8. The number of carbonyl (C=O) groups excluding carboxylic acids is 1. The van der Waals surface area contributed by atoms with Crippen LogP contribution in [0.3, 0.4) is 0 Å². The molecule has 0 N–H and O–H groups in total. The molecule has 2 aromatic carbocycles. The van der Waals surface area contributed by atoms with Crippen LogP contribution in [0, 0.1) is 21.4 Å². The highest BCUT2D eigenvalue weighted by atomic mass is 79.9. The SMILES string of the molecule is CCOc1cc(C=C(C#N)C(=O)N(C)C)c(Br)cc1OCc1ccc([N+](=O)[O-])cc1. The Morgan fingerprint density at radius 1 is 1.23 bits per heavy atom. The molecule has 2 rings (SSSR count). The predicted octanol–water partition coefficient (Wildman–Crippen LogP) is 4.33. The van der Waals surface area contributed by atoms with E-state index in [-0.39, 0.29) is 17.9 Å². The van der Waals surface area contributed by atoms with Crippen LogP contribution in [0.15, 0.2) is 46.4 Å². The van der Waals surface area contributed by atoms with E-state index in [9.17, 15) is 20.2 Å². The molecule has 0 fully saturated rings. The first-order valence-corrected chi connectivity index (χ1v) is 9.72. The van der Waals surface area contributed by atoms with E-state index >= 15 is 0 Å². The molecule has 0 atom stereocenters. The van der Waals surface area contributed by atoms with Gasteiger partial charge in [0.2, 0.25) is 0 Å². The number of likely N-dealkylation sites (N-methyl/N-ethyl adjacent to an activating group) is 1. The van der Waals surface area contributed by atoms with Crippen LogP contribution in [0.4, 0.5) is 5.69 Å². The molecule has 9 heteroatoms. The summed E-state index contributed by atoms with van der Waals surface area (Å²) in [5, 5.41) is 20.1. The standard InChI is InChI=1S/C21H20BrN3O5/c1-4-29-19-10-15(9-16(12-23)21(26)24(2)3)18(22)11-20(19)30-13-14-5-7-17(8-6-14)25(27)28/h5-11H,4,13H2,1-3H3. The van der Waals surface area contributed by atoms with Gasteiger partial charge in [-0.2, -0.15) is 5.26 Å². The molecule has 0 bridgehead atoms. The summed E-state index contributed by atoms with van der Waals surface area (Å²) in [6.45, 7) is 2.40. The maximum Gasteiger partial charge on any atom is 0.269 e. The molecule has 0 aliphatic rings. The number of nitriles is 1. The molecule has 0 saturated heterocycles. The van der Waals surface area contributed by atoms with Gasteiger partial charge in [0.25, 0.3) is 11.6 Å². The van der Waals surface area contributed by atoms with Crippen LogP contribution in [0.5, 0.6) is 11.5 Å². The van der Waals surface area contributed by atoms with E-state index in [1.165, 1.54) is 23.1 Å². The number of nitro groups is 1. The molecule has 0 unspecified atom stereocenters. The van der Waals surface area contributed by atoms with Crippen LogP contribution in [-0.2, 0) is 11.4 Å². The summed E-state index contributed by atoms with van der Waals surface area (Å²) >= 11 is 3.44. The van der Waals surface area contributed by atoms with E-state index in [0.717, 1.165) is 5.56 Å². The molecule has 0 saturated carbocycles. The number of hydrogen-bond donors (Lipinski definition) is 0. The van der Waals surface area contributed by atoms with E-state index in [2.05, 4.69) is 15.9 Å². The Morgan fingerprint density at radius 2 is 1.87 bits per heavy atom. The summed E-state index contributed by atoms with van der Waals surface area (Å²) in [6.07, 6.45) is 1.48. The molecule has 156 valence electrons. The van der Waals surface area contributed by atoms with Gasteiger partial charge in [-0.15, -0.1) is 0 Å². The molecule has 0 spiro atoms. The third-order valence-electron chi connectivity index (χ3n) is 3.96. The molecule has 0 radical (unpaired) electrons. The van der Waals surface area contributed by atoms with Gasteiger partial charge in [0.15, 0.2) is 11.5 Å². The van der Waals surface area contributed by atoms with Crippen LogP contribution in [-0.4, -0.2) is 36.4 Å². The van der Waals surface area contributed by atoms with Crippen molar-refractivity contribution in [3.05, 3.63) is 67.7 Å². The van der Waals surface area contributed by atoms with E-state index in [1.807, 2.05) is 13.0 Å². The van der Waals surface area contributed by atoms with E-state index in [0.29, 0.717) is 28.1 Å². The molecule has 0 aromatic heterocycles. The van der Waals surface area contributed by atoms with Crippen molar-refractivity contribution >= 4 is 33.6 Å². The molecule has 2 aromatic rings. The van der Waals surface area contributed by atoms with Crippen molar-refractivity contribution in [2.45, 2.75) is 13.5 Å². The van der Waals surface area contributed by atoms with Crippen molar-refractivity contribution in [1.82, 2.24) is 4.90 Å². The Bertz CT molecular complexity index is 1010. The minimum atomic E-state index is -0.461. The highest BCUT2D eigenvalue weighted by Crippen LogP contribution is 2.35. The quantitative estimate of drug-likeness (QED) is 0.244. The van der Waals surface area contributed by atoms with Gasteiger partial charge in [0, 0.05) is 30.7 Å². The minimum absolute atomic E-state index is 0.00760. The number of nitrogens with zero attached hydrogens (tertiary/aromatic N) is 3. The fourth-order valence-electron chi connectivity index (χ4n) is 2.46. The topological polar surface area (TPSA) is 106 Å². The van der Waals surface area contributed by atoms with Gasteiger partial charge in [-0.3, -0.25) is 14.9 Å². The summed E-state index contributed by atoms with van der Waals surface area (Å²) in [5.41, 5.74) is 1.34. The summed E-state index contributed by atoms with van der Waals surface area (Å²) in [5.74, 6) is 0.501. The fraction of sp³-hybridized carbons (Fsp3) is 0.238. The number of carbonyl (C=O) groups is 1. The molecule has 8 nitrogen and oxygen atoms in total. The van der Waals surface area contributed by atoms with Crippen LogP contribution < -0.4 is 9.47 Å². The zero-order chi connectivity index (χ0) is 22.3. The second-order valence-corrected chi connectivity index (χ2v) is 7.19. The zero-order valence-corrected chi connectivity index (χ0v) is 18.3. The Labute approximate surface area is 182 Å². The minimum Gasteiger partial charge on any atom is -0.490 e. The van der Waals surface area contributed by atoms with Gasteiger partial charge < -0.3 is 14.4 Å². The maximum atomic E-state index is 12.1. The van der Waals surface area contributed by atoms with Gasteiger partial charge in [-0.05, 0) is 48.4 Å². The van der Waals surface area contributed by atoms with Crippen molar-refractivity contribution in [2.75, 3.05) is 20.7 Å². The average molecular weight is 474 g/mol. The van der Waals surface area contributed by atoms with Crippen molar-refractivity contribution in [3.63, 3.8) is 0 Å². The molecule has 0 aliphatic carbocycles. The van der Waals surface area contributed by atoms with Gasteiger partial charge in [-0.25, -0.2) is 0 Å². The maximum absolute atomic E-state index is 12.1. The Morgan fingerprint density at radius 3 is 2.40 bits per heavy atom. The van der Waals surface area contributed by atoms with Gasteiger partial charge in [-0.1, -0.05) is 15.9 Å². The second-order valence-electron chi connectivity index (χ2n) is 6.34. The van der Waals surface area contributed by atoms with Crippen LogP contribution in [0.25, 0.3) is 6.08 Å². The Balaban J connectivity index is 2.31. The summed E-state index contributed by atoms with van der Waals surface area (Å²) in [4.78, 5) is 23.7. The Hall–Kier alpha value is -3.38. The predicted molar refractivity (Wildman–Crippen MR) is 115 cm³/mol. The number of nitro benzene ring substituents is 1. The lowest BCUT2D eigenvalue weighted by molar-refractivity contribution is -0.384. The van der Waals surface area contributed by atoms with Crippen molar-refractivity contribution in [1.29, 1.82) is 5.26 Å². The first-order chi connectivity index (χ1) is 14.3. The Kier molecular flexibility index (Phi) is 7.95. The third kappa shape index (κ3) is 5.81. The average Bonchev–Trinajstić information content (AvgIpc) is 2.72. The first-order valence-electron chi connectivity index (χ1n) is 8.92. The van der Waals surface area contributed by atoms with E-state index < -0.39 is 10.8 Å². The van der Waals surface area contributed by atoms with Crippen molar-refractivity contribution < 1.29 is 19.2 Å². The second kappa shape index (κ2) is 10.4. The molecule has 30 heavy (non-hydrogen) atoms.